The second-order valence-corrected chi connectivity index (χ2v) is 3.31. The van der Waals surface area contributed by atoms with Crippen LogP contribution in [-0.4, -0.2) is 5.11 Å². The second kappa shape index (κ2) is 5.11. The summed E-state index contributed by atoms with van der Waals surface area (Å²) in [7, 11) is 1.98. The Morgan fingerprint density at radius 1 is 1.07 bits per heavy atom. The standard InChI is InChI=1S/C12H11NO.HI/c1-13-7-3-5-11(9-13)10-4-2-6-12(14)8-10;/h2-9H,1H3;1H. The van der Waals surface area contributed by atoms with Crippen molar-refractivity contribution in [1.29, 1.82) is 0 Å². The Kier molecular flexibility index (Phi) is 4.08. The SMILES string of the molecule is C[n+]1cccc(-c2cccc(O)c2)c1.[I-]. The molecular weight excluding hydrogens is 301 g/mol. The number of phenolic OH excluding ortho intramolecular Hbond substituents is 1. The Balaban J connectivity index is 0.00000112. The lowest BCUT2D eigenvalue weighted by atomic mass is 10.1. The summed E-state index contributed by atoms with van der Waals surface area (Å²) in [6, 6.07) is 11.3. The van der Waals surface area contributed by atoms with E-state index in [4.69, 9.17) is 0 Å². The van der Waals surface area contributed by atoms with Gasteiger partial charge in [-0.15, -0.1) is 0 Å². The van der Waals surface area contributed by atoms with E-state index in [2.05, 4.69) is 0 Å². The molecule has 0 radical (unpaired) electrons. The molecule has 3 heteroatoms. The van der Waals surface area contributed by atoms with Gasteiger partial charge in [0.2, 0.25) is 0 Å². The van der Waals surface area contributed by atoms with Gasteiger partial charge in [0.1, 0.15) is 12.8 Å². The van der Waals surface area contributed by atoms with E-state index in [0.29, 0.717) is 5.75 Å². The van der Waals surface area contributed by atoms with Gasteiger partial charge in [-0.3, -0.25) is 0 Å². The third-order valence-electron chi connectivity index (χ3n) is 2.12. The summed E-state index contributed by atoms with van der Waals surface area (Å²) in [4.78, 5) is 0. The Bertz CT molecular complexity index is 413. The summed E-state index contributed by atoms with van der Waals surface area (Å²) in [6.45, 7) is 0. The summed E-state index contributed by atoms with van der Waals surface area (Å²) in [6.07, 6.45) is 4.00. The minimum Gasteiger partial charge on any atom is -1.00 e. The molecule has 0 unspecified atom stereocenters. The number of aromatic nitrogens is 1. The van der Waals surface area contributed by atoms with Gasteiger partial charge in [0, 0.05) is 11.6 Å². The largest absolute Gasteiger partial charge is 1.00 e. The third kappa shape index (κ3) is 2.92. The van der Waals surface area contributed by atoms with Gasteiger partial charge in [-0.1, -0.05) is 12.1 Å². The number of aromatic hydroxyl groups is 1. The molecule has 0 saturated carbocycles. The maximum Gasteiger partial charge on any atom is 0.176 e. The molecule has 15 heavy (non-hydrogen) atoms. The van der Waals surface area contributed by atoms with Gasteiger partial charge >= 0.3 is 0 Å². The van der Waals surface area contributed by atoms with Gasteiger partial charge in [-0.2, -0.15) is 0 Å². The predicted octanol–water partition coefficient (Wildman–Crippen LogP) is -1.11. The molecule has 0 aliphatic rings. The Labute approximate surface area is 106 Å². The third-order valence-corrected chi connectivity index (χ3v) is 2.12. The Morgan fingerprint density at radius 3 is 2.47 bits per heavy atom. The first-order valence-electron chi connectivity index (χ1n) is 4.50. The lowest BCUT2D eigenvalue weighted by Crippen LogP contribution is -3.00. The van der Waals surface area contributed by atoms with Crippen LogP contribution in [0.25, 0.3) is 11.1 Å². The molecule has 2 rings (SSSR count). The molecular formula is C12H12INO. The quantitative estimate of drug-likeness (QED) is 0.524. The van der Waals surface area contributed by atoms with E-state index in [1.807, 2.05) is 48.3 Å². The van der Waals surface area contributed by atoms with Crippen LogP contribution in [0.4, 0.5) is 0 Å². The van der Waals surface area contributed by atoms with Crippen molar-refractivity contribution in [2.75, 3.05) is 0 Å². The predicted molar refractivity (Wildman–Crippen MR) is 54.7 cm³/mol. The molecule has 2 nitrogen and oxygen atoms in total. The van der Waals surface area contributed by atoms with Crippen LogP contribution in [0.1, 0.15) is 0 Å². The first-order valence-corrected chi connectivity index (χ1v) is 4.50. The van der Waals surface area contributed by atoms with E-state index < -0.39 is 0 Å². The lowest BCUT2D eigenvalue weighted by molar-refractivity contribution is -0.671. The molecule has 0 spiro atoms. The van der Waals surface area contributed by atoms with Crippen molar-refractivity contribution in [3.63, 3.8) is 0 Å². The highest BCUT2D eigenvalue weighted by Crippen LogP contribution is 2.21. The van der Waals surface area contributed by atoms with E-state index in [1.165, 1.54) is 0 Å². The highest BCUT2D eigenvalue weighted by atomic mass is 127. The summed E-state index contributed by atoms with van der Waals surface area (Å²) in [5.41, 5.74) is 2.13. The van der Waals surface area contributed by atoms with Crippen molar-refractivity contribution in [1.82, 2.24) is 0 Å². The number of phenols is 1. The molecule has 0 fully saturated rings. The molecule has 0 aliphatic heterocycles. The Morgan fingerprint density at radius 2 is 1.80 bits per heavy atom. The minimum absolute atomic E-state index is 0. The zero-order valence-corrected chi connectivity index (χ0v) is 10.5. The molecule has 1 aromatic heterocycles. The maximum absolute atomic E-state index is 9.34. The van der Waals surface area contributed by atoms with Crippen molar-refractivity contribution < 1.29 is 33.7 Å². The van der Waals surface area contributed by atoms with Crippen molar-refractivity contribution in [3.05, 3.63) is 48.8 Å². The fourth-order valence-electron chi connectivity index (χ4n) is 1.44. The van der Waals surface area contributed by atoms with Crippen LogP contribution in [0.15, 0.2) is 48.8 Å². The highest BCUT2D eigenvalue weighted by molar-refractivity contribution is 5.63. The topological polar surface area (TPSA) is 24.1 Å². The molecule has 0 aliphatic carbocycles. The number of hydrogen-bond donors (Lipinski definition) is 1. The van der Waals surface area contributed by atoms with Crippen molar-refractivity contribution in [2.45, 2.75) is 0 Å². The molecule has 0 bridgehead atoms. The van der Waals surface area contributed by atoms with Gasteiger partial charge in [0.15, 0.2) is 12.4 Å². The molecule has 0 atom stereocenters. The maximum atomic E-state index is 9.34. The van der Waals surface area contributed by atoms with Gasteiger partial charge < -0.3 is 29.1 Å². The molecule has 1 heterocycles. The van der Waals surface area contributed by atoms with Gasteiger partial charge in [-0.05, 0) is 23.8 Å². The van der Waals surface area contributed by atoms with Crippen LogP contribution >= 0.6 is 0 Å². The monoisotopic (exact) mass is 313 g/mol. The fraction of sp³-hybridized carbons (Fsp3) is 0.0833. The number of rotatable bonds is 1. The number of halogens is 1. The highest BCUT2D eigenvalue weighted by Gasteiger charge is 2.01. The molecule has 1 N–H and O–H groups in total. The van der Waals surface area contributed by atoms with Gasteiger partial charge in [-0.25, -0.2) is 4.57 Å². The van der Waals surface area contributed by atoms with Crippen molar-refractivity contribution >= 4 is 0 Å². The molecule has 78 valence electrons. The molecule has 2 aromatic rings. The van der Waals surface area contributed by atoms with Crippen molar-refractivity contribution in [2.24, 2.45) is 7.05 Å². The number of benzene rings is 1. The summed E-state index contributed by atoms with van der Waals surface area (Å²) in [5, 5.41) is 9.34. The summed E-state index contributed by atoms with van der Waals surface area (Å²) < 4.78 is 1.99. The van der Waals surface area contributed by atoms with Gasteiger partial charge in [0.05, 0.1) is 0 Å². The van der Waals surface area contributed by atoms with E-state index in [1.54, 1.807) is 12.1 Å². The summed E-state index contributed by atoms with van der Waals surface area (Å²) >= 11 is 0. The van der Waals surface area contributed by atoms with Crippen LogP contribution in [0.5, 0.6) is 5.75 Å². The van der Waals surface area contributed by atoms with Crippen LogP contribution < -0.4 is 28.5 Å². The number of nitrogens with zero attached hydrogens (tertiary/aromatic N) is 1. The first kappa shape index (κ1) is 12.0. The molecule has 1 aromatic carbocycles. The lowest BCUT2D eigenvalue weighted by Gasteiger charge is -1.99. The van der Waals surface area contributed by atoms with E-state index >= 15 is 0 Å². The van der Waals surface area contributed by atoms with Gasteiger partial charge in [0.25, 0.3) is 0 Å². The normalized spacial score (nSPS) is 9.40. The zero-order valence-electron chi connectivity index (χ0n) is 8.39. The number of hydrogen-bond acceptors (Lipinski definition) is 1. The fourth-order valence-corrected chi connectivity index (χ4v) is 1.44. The second-order valence-electron chi connectivity index (χ2n) is 3.31. The zero-order chi connectivity index (χ0) is 9.97. The minimum atomic E-state index is 0. The smallest absolute Gasteiger partial charge is 0.176 e. The molecule has 0 saturated heterocycles. The van der Waals surface area contributed by atoms with Crippen LogP contribution in [0, 0.1) is 0 Å². The first-order chi connectivity index (χ1) is 6.75. The van der Waals surface area contributed by atoms with Crippen LogP contribution in [0.2, 0.25) is 0 Å². The van der Waals surface area contributed by atoms with E-state index in [9.17, 15) is 5.11 Å². The van der Waals surface area contributed by atoms with Crippen LogP contribution in [-0.2, 0) is 7.05 Å². The molecule has 0 amide bonds. The summed E-state index contributed by atoms with van der Waals surface area (Å²) in [5.74, 6) is 0.300. The number of aryl methyl sites for hydroxylation is 1. The van der Waals surface area contributed by atoms with E-state index in [0.717, 1.165) is 11.1 Å². The Hall–Kier alpha value is -1.10. The van der Waals surface area contributed by atoms with E-state index in [-0.39, 0.29) is 24.0 Å². The van der Waals surface area contributed by atoms with Crippen molar-refractivity contribution in [3.8, 4) is 16.9 Å². The average Bonchev–Trinajstić information content (AvgIpc) is 2.18. The average molecular weight is 313 g/mol. The number of pyridine rings is 1. The van der Waals surface area contributed by atoms with Crippen LogP contribution in [0.3, 0.4) is 0 Å².